The lowest BCUT2D eigenvalue weighted by Gasteiger charge is -2.05. The van der Waals surface area contributed by atoms with E-state index in [2.05, 4.69) is 25.7 Å². The maximum absolute atomic E-state index is 11.6. The SMILES string of the molecule is O=C(COC(=O)c1ccc([N+](=O)[O-])o1)Nc1cccc(Br)c1. The number of ether oxygens (including phenoxy) is 1. The van der Waals surface area contributed by atoms with Crippen LogP contribution in [-0.2, 0) is 9.53 Å². The summed E-state index contributed by atoms with van der Waals surface area (Å²) in [5, 5.41) is 13.0. The molecule has 8 nitrogen and oxygen atoms in total. The van der Waals surface area contributed by atoms with Gasteiger partial charge in [0.05, 0.1) is 6.07 Å². The number of rotatable bonds is 5. The van der Waals surface area contributed by atoms with Crippen molar-refractivity contribution < 1.29 is 23.7 Å². The van der Waals surface area contributed by atoms with Crippen LogP contribution in [0.25, 0.3) is 0 Å². The number of nitro groups is 1. The maximum Gasteiger partial charge on any atom is 0.433 e. The number of nitrogens with zero attached hydrogens (tertiary/aromatic N) is 1. The van der Waals surface area contributed by atoms with Gasteiger partial charge in [-0.15, -0.1) is 0 Å². The highest BCUT2D eigenvalue weighted by molar-refractivity contribution is 9.10. The van der Waals surface area contributed by atoms with E-state index >= 15 is 0 Å². The summed E-state index contributed by atoms with van der Waals surface area (Å²) in [6.07, 6.45) is 0. The topological polar surface area (TPSA) is 112 Å². The number of hydrogen-bond acceptors (Lipinski definition) is 6. The zero-order valence-corrected chi connectivity index (χ0v) is 12.5. The van der Waals surface area contributed by atoms with Crippen molar-refractivity contribution in [1.82, 2.24) is 0 Å². The van der Waals surface area contributed by atoms with Crippen LogP contribution in [-0.4, -0.2) is 23.4 Å². The molecule has 1 N–H and O–H groups in total. The third-order valence-corrected chi connectivity index (χ3v) is 2.91. The number of carbonyl (C=O) groups excluding carboxylic acids is 2. The van der Waals surface area contributed by atoms with Gasteiger partial charge in [0.25, 0.3) is 5.91 Å². The van der Waals surface area contributed by atoms with Crippen molar-refractivity contribution in [2.45, 2.75) is 0 Å². The molecule has 1 amide bonds. The van der Waals surface area contributed by atoms with Gasteiger partial charge in [0.1, 0.15) is 4.92 Å². The average molecular weight is 369 g/mol. The Labute approximate surface area is 132 Å². The van der Waals surface area contributed by atoms with Crippen molar-refractivity contribution in [1.29, 1.82) is 0 Å². The zero-order chi connectivity index (χ0) is 16.1. The van der Waals surface area contributed by atoms with E-state index in [1.165, 1.54) is 0 Å². The van der Waals surface area contributed by atoms with Gasteiger partial charge in [-0.1, -0.05) is 22.0 Å². The van der Waals surface area contributed by atoms with Gasteiger partial charge in [-0.3, -0.25) is 14.9 Å². The van der Waals surface area contributed by atoms with Crippen molar-refractivity contribution in [2.75, 3.05) is 11.9 Å². The first-order chi connectivity index (χ1) is 10.5. The summed E-state index contributed by atoms with van der Waals surface area (Å²) in [7, 11) is 0. The van der Waals surface area contributed by atoms with E-state index in [1.807, 2.05) is 0 Å². The van der Waals surface area contributed by atoms with Crippen LogP contribution < -0.4 is 5.32 Å². The fraction of sp³-hybridized carbons (Fsp3) is 0.0769. The minimum atomic E-state index is -0.961. The highest BCUT2D eigenvalue weighted by Gasteiger charge is 2.19. The molecule has 0 saturated heterocycles. The molecule has 22 heavy (non-hydrogen) atoms. The predicted molar refractivity (Wildman–Crippen MR) is 78.4 cm³/mol. The number of benzene rings is 1. The molecule has 0 radical (unpaired) electrons. The number of carbonyl (C=O) groups is 2. The molecular formula is C13H9BrN2O6. The molecule has 0 unspecified atom stereocenters. The molecule has 9 heteroatoms. The first-order valence-corrected chi connectivity index (χ1v) is 6.72. The van der Waals surface area contributed by atoms with Gasteiger partial charge in [-0.05, 0) is 24.3 Å². The van der Waals surface area contributed by atoms with Gasteiger partial charge in [0.2, 0.25) is 5.76 Å². The molecule has 0 saturated carbocycles. The highest BCUT2D eigenvalue weighted by atomic mass is 79.9. The summed E-state index contributed by atoms with van der Waals surface area (Å²) < 4.78 is 10.2. The Morgan fingerprint density at radius 1 is 1.32 bits per heavy atom. The summed E-state index contributed by atoms with van der Waals surface area (Å²) in [4.78, 5) is 32.8. The first-order valence-electron chi connectivity index (χ1n) is 5.92. The Balaban J connectivity index is 1.87. The number of nitrogens with one attached hydrogen (secondary N) is 1. The Hall–Kier alpha value is -2.68. The fourth-order valence-corrected chi connectivity index (χ4v) is 1.90. The zero-order valence-electron chi connectivity index (χ0n) is 10.9. The summed E-state index contributed by atoms with van der Waals surface area (Å²) in [6.45, 7) is -0.542. The van der Waals surface area contributed by atoms with E-state index in [9.17, 15) is 19.7 Å². The fourth-order valence-electron chi connectivity index (χ4n) is 1.50. The molecular weight excluding hydrogens is 360 g/mol. The van der Waals surface area contributed by atoms with E-state index in [1.54, 1.807) is 24.3 Å². The second-order valence-electron chi connectivity index (χ2n) is 4.03. The average Bonchev–Trinajstić information content (AvgIpc) is 2.95. The van der Waals surface area contributed by atoms with Gasteiger partial charge < -0.3 is 14.5 Å². The predicted octanol–water partition coefficient (Wildman–Crippen LogP) is 2.75. The smallest absolute Gasteiger partial charge is 0.433 e. The van der Waals surface area contributed by atoms with Crippen LogP contribution in [0.4, 0.5) is 11.6 Å². The van der Waals surface area contributed by atoms with Gasteiger partial charge in [-0.2, -0.15) is 0 Å². The molecule has 0 aliphatic rings. The molecule has 0 atom stereocenters. The van der Waals surface area contributed by atoms with Crippen molar-refractivity contribution in [3.05, 3.63) is 56.7 Å². The molecule has 0 bridgehead atoms. The number of hydrogen-bond donors (Lipinski definition) is 1. The van der Waals surface area contributed by atoms with Gasteiger partial charge >= 0.3 is 11.9 Å². The largest absolute Gasteiger partial charge is 0.450 e. The third kappa shape index (κ3) is 4.16. The van der Waals surface area contributed by atoms with E-state index in [0.717, 1.165) is 16.6 Å². The number of amides is 1. The van der Waals surface area contributed by atoms with Gasteiger partial charge in [0.15, 0.2) is 6.61 Å². The standard InChI is InChI=1S/C13H9BrN2O6/c14-8-2-1-3-9(6-8)15-11(17)7-21-13(18)10-4-5-12(22-10)16(19)20/h1-6H,7H2,(H,15,17). The molecule has 1 aromatic heterocycles. The molecule has 1 aromatic carbocycles. The van der Waals surface area contributed by atoms with Crippen LogP contribution in [0.2, 0.25) is 0 Å². The van der Waals surface area contributed by atoms with E-state index in [4.69, 9.17) is 4.74 Å². The first kappa shape index (κ1) is 15.7. The van der Waals surface area contributed by atoms with E-state index < -0.39 is 29.3 Å². The number of esters is 1. The molecule has 2 rings (SSSR count). The molecule has 114 valence electrons. The highest BCUT2D eigenvalue weighted by Crippen LogP contribution is 2.17. The lowest BCUT2D eigenvalue weighted by molar-refractivity contribution is -0.402. The summed E-state index contributed by atoms with van der Waals surface area (Å²) in [5.41, 5.74) is 0.532. The van der Waals surface area contributed by atoms with E-state index in [0.29, 0.717) is 5.69 Å². The lowest BCUT2D eigenvalue weighted by atomic mass is 10.3. The minimum absolute atomic E-state index is 0.345. The molecule has 0 aliphatic heterocycles. The summed E-state index contributed by atoms with van der Waals surface area (Å²) >= 11 is 3.25. The van der Waals surface area contributed by atoms with Crippen LogP contribution in [0.3, 0.4) is 0 Å². The Kier molecular flexibility index (Phi) is 4.89. The summed E-state index contributed by atoms with van der Waals surface area (Å²) in [6, 6.07) is 8.99. The number of halogens is 1. The van der Waals surface area contributed by atoms with Crippen molar-refractivity contribution in [2.24, 2.45) is 0 Å². The van der Waals surface area contributed by atoms with E-state index in [-0.39, 0.29) is 5.76 Å². The molecule has 0 fully saturated rings. The molecule has 1 heterocycles. The van der Waals surface area contributed by atoms with Gasteiger partial charge in [-0.25, -0.2) is 4.79 Å². The lowest BCUT2D eigenvalue weighted by Crippen LogP contribution is -2.20. The Morgan fingerprint density at radius 2 is 2.09 bits per heavy atom. The van der Waals surface area contributed by atoms with Crippen LogP contribution in [0.1, 0.15) is 10.6 Å². The normalized spacial score (nSPS) is 10.0. The monoisotopic (exact) mass is 368 g/mol. The second-order valence-corrected chi connectivity index (χ2v) is 4.95. The molecule has 0 aliphatic carbocycles. The third-order valence-electron chi connectivity index (χ3n) is 2.42. The number of furan rings is 1. The Morgan fingerprint density at radius 3 is 2.73 bits per heavy atom. The van der Waals surface area contributed by atoms with Crippen LogP contribution in [0.15, 0.2) is 45.3 Å². The number of anilines is 1. The van der Waals surface area contributed by atoms with Crippen LogP contribution in [0.5, 0.6) is 0 Å². The quantitative estimate of drug-likeness (QED) is 0.493. The Bertz CT molecular complexity index is 727. The maximum atomic E-state index is 11.6. The second kappa shape index (κ2) is 6.85. The molecule has 2 aromatic rings. The minimum Gasteiger partial charge on any atom is -0.450 e. The van der Waals surface area contributed by atoms with Crippen LogP contribution >= 0.6 is 15.9 Å². The van der Waals surface area contributed by atoms with Crippen LogP contribution in [0, 0.1) is 10.1 Å². The summed E-state index contributed by atoms with van der Waals surface area (Å²) in [5.74, 6) is -2.43. The van der Waals surface area contributed by atoms with Gasteiger partial charge in [0, 0.05) is 10.2 Å². The molecule has 0 spiro atoms. The van der Waals surface area contributed by atoms with Crippen molar-refractivity contribution in [3.8, 4) is 0 Å². The van der Waals surface area contributed by atoms with Crippen molar-refractivity contribution >= 4 is 39.4 Å². The van der Waals surface area contributed by atoms with Crippen molar-refractivity contribution in [3.63, 3.8) is 0 Å².